The number of benzene rings is 2. The number of nitrogens with two attached hydrogens (primary N) is 1. The number of pyridine rings is 1. The summed E-state index contributed by atoms with van der Waals surface area (Å²) in [6, 6.07) is 18.0. The summed E-state index contributed by atoms with van der Waals surface area (Å²) >= 11 is 0. The highest BCUT2D eigenvalue weighted by atomic mass is 16.5. The Hall–Kier alpha value is -4.11. The van der Waals surface area contributed by atoms with E-state index in [4.69, 9.17) is 10.5 Å². The van der Waals surface area contributed by atoms with E-state index in [2.05, 4.69) is 11.1 Å². The van der Waals surface area contributed by atoms with Gasteiger partial charge in [0.2, 0.25) is 0 Å². The Kier molecular flexibility index (Phi) is 5.89. The van der Waals surface area contributed by atoms with Crippen LogP contribution in [0.2, 0.25) is 0 Å². The van der Waals surface area contributed by atoms with Crippen LogP contribution in [-0.4, -0.2) is 15.5 Å². The van der Waals surface area contributed by atoms with E-state index in [1.807, 2.05) is 74.7 Å². The van der Waals surface area contributed by atoms with Crippen LogP contribution in [0.4, 0.5) is 0 Å². The van der Waals surface area contributed by atoms with Crippen molar-refractivity contribution in [3.05, 3.63) is 82.7 Å². The molecule has 0 atom stereocenters. The molecule has 0 fully saturated rings. The third-order valence-corrected chi connectivity index (χ3v) is 5.84. The fourth-order valence-electron chi connectivity index (χ4n) is 4.18. The molecule has 0 bridgehead atoms. The molecule has 0 aliphatic heterocycles. The number of rotatable bonds is 6. The Morgan fingerprint density at radius 3 is 2.55 bits per heavy atom. The standard InChI is InChI=1S/C27H26N4O2/c1-16(2)31-14-20(13-28)25-21(12-22(26(29)32)30-27(25)31)24-17(3)10-11-23(18(24)4)33-15-19-8-6-5-7-9-19/h5-12,14,16H,15H2,1-4H3,(H2,29,32). The molecular formula is C27H26N4O2. The molecule has 0 unspecified atom stereocenters. The van der Waals surface area contributed by atoms with Gasteiger partial charge in [-0.15, -0.1) is 0 Å². The highest BCUT2D eigenvalue weighted by Gasteiger charge is 2.22. The van der Waals surface area contributed by atoms with E-state index in [9.17, 15) is 10.1 Å². The van der Waals surface area contributed by atoms with E-state index in [0.29, 0.717) is 23.2 Å². The molecule has 33 heavy (non-hydrogen) atoms. The monoisotopic (exact) mass is 438 g/mol. The maximum absolute atomic E-state index is 12.1. The van der Waals surface area contributed by atoms with Crippen LogP contribution in [0, 0.1) is 25.2 Å². The fraction of sp³-hybridized carbons (Fsp3) is 0.222. The van der Waals surface area contributed by atoms with Gasteiger partial charge in [-0.05, 0) is 67.6 Å². The zero-order valence-electron chi connectivity index (χ0n) is 19.2. The second kappa shape index (κ2) is 8.79. The molecule has 0 aliphatic carbocycles. The molecule has 0 saturated heterocycles. The second-order valence-electron chi connectivity index (χ2n) is 8.43. The molecule has 0 radical (unpaired) electrons. The minimum absolute atomic E-state index is 0.0563. The third-order valence-electron chi connectivity index (χ3n) is 5.84. The number of aromatic nitrogens is 2. The van der Waals surface area contributed by atoms with E-state index in [0.717, 1.165) is 33.6 Å². The molecular weight excluding hydrogens is 412 g/mol. The van der Waals surface area contributed by atoms with Gasteiger partial charge in [0.15, 0.2) is 0 Å². The number of nitriles is 1. The quantitative estimate of drug-likeness (QED) is 0.433. The molecule has 2 heterocycles. The van der Waals surface area contributed by atoms with Crippen molar-refractivity contribution >= 4 is 16.9 Å². The second-order valence-corrected chi connectivity index (χ2v) is 8.43. The molecule has 2 aromatic heterocycles. The number of aryl methyl sites for hydroxylation is 1. The van der Waals surface area contributed by atoms with Gasteiger partial charge >= 0.3 is 0 Å². The van der Waals surface area contributed by atoms with E-state index in [1.54, 1.807) is 12.3 Å². The van der Waals surface area contributed by atoms with E-state index in [-0.39, 0.29) is 11.7 Å². The van der Waals surface area contributed by atoms with Crippen molar-refractivity contribution in [2.75, 3.05) is 0 Å². The number of fused-ring (bicyclic) bond motifs is 1. The first kappa shape index (κ1) is 22.1. The van der Waals surface area contributed by atoms with Gasteiger partial charge in [-0.2, -0.15) is 5.26 Å². The first-order valence-electron chi connectivity index (χ1n) is 10.8. The SMILES string of the molecule is Cc1ccc(OCc2ccccc2)c(C)c1-c1cc(C(N)=O)nc2c1c(C#N)cn2C(C)C. The average Bonchev–Trinajstić information content (AvgIpc) is 3.18. The number of nitrogens with zero attached hydrogens (tertiary/aromatic N) is 3. The smallest absolute Gasteiger partial charge is 0.267 e. The molecule has 0 saturated carbocycles. The largest absolute Gasteiger partial charge is 0.489 e. The summed E-state index contributed by atoms with van der Waals surface area (Å²) < 4.78 is 8.06. The van der Waals surface area contributed by atoms with Crippen molar-refractivity contribution in [2.24, 2.45) is 5.73 Å². The van der Waals surface area contributed by atoms with E-state index in [1.165, 1.54) is 0 Å². The summed E-state index contributed by atoms with van der Waals surface area (Å²) in [7, 11) is 0. The zero-order chi connectivity index (χ0) is 23.7. The molecule has 6 heteroatoms. The summed E-state index contributed by atoms with van der Waals surface area (Å²) in [6.07, 6.45) is 1.79. The van der Waals surface area contributed by atoms with Crippen molar-refractivity contribution in [3.63, 3.8) is 0 Å². The lowest BCUT2D eigenvalue weighted by Gasteiger charge is -2.17. The third kappa shape index (κ3) is 4.06. The fourth-order valence-corrected chi connectivity index (χ4v) is 4.18. The Morgan fingerprint density at radius 2 is 1.91 bits per heavy atom. The molecule has 0 spiro atoms. The van der Waals surface area contributed by atoms with Crippen LogP contribution in [0.5, 0.6) is 5.75 Å². The number of amides is 1. The first-order chi connectivity index (χ1) is 15.8. The van der Waals surface area contributed by atoms with Gasteiger partial charge in [-0.25, -0.2) is 4.98 Å². The topological polar surface area (TPSA) is 93.9 Å². The van der Waals surface area contributed by atoms with Crippen molar-refractivity contribution in [3.8, 4) is 22.9 Å². The molecule has 4 aromatic rings. The molecule has 4 rings (SSSR count). The van der Waals surface area contributed by atoms with Crippen LogP contribution in [-0.2, 0) is 6.61 Å². The molecule has 2 N–H and O–H groups in total. The summed E-state index contributed by atoms with van der Waals surface area (Å²) in [4.78, 5) is 16.7. The van der Waals surface area contributed by atoms with Gasteiger partial charge in [0.05, 0.1) is 5.56 Å². The highest BCUT2D eigenvalue weighted by molar-refractivity contribution is 6.03. The maximum atomic E-state index is 12.1. The van der Waals surface area contributed by atoms with Gasteiger partial charge in [0.1, 0.15) is 29.8 Å². The lowest BCUT2D eigenvalue weighted by molar-refractivity contribution is 0.0996. The number of hydrogen-bond donors (Lipinski definition) is 1. The molecule has 1 amide bonds. The van der Waals surface area contributed by atoms with Crippen LogP contribution in [0.25, 0.3) is 22.2 Å². The van der Waals surface area contributed by atoms with Crippen LogP contribution in [0.3, 0.4) is 0 Å². The molecule has 0 aliphatic rings. The summed E-state index contributed by atoms with van der Waals surface area (Å²) in [5.74, 6) is 0.131. The number of primary amides is 1. The van der Waals surface area contributed by atoms with Crippen molar-refractivity contribution in [1.29, 1.82) is 5.26 Å². The van der Waals surface area contributed by atoms with Crippen LogP contribution in [0.1, 0.15) is 52.6 Å². The van der Waals surface area contributed by atoms with Crippen molar-refractivity contribution in [2.45, 2.75) is 40.3 Å². The number of carbonyl (C=O) groups is 1. The summed E-state index contributed by atoms with van der Waals surface area (Å²) in [5, 5.41) is 10.6. The summed E-state index contributed by atoms with van der Waals surface area (Å²) in [5.41, 5.74) is 11.5. The van der Waals surface area contributed by atoms with Crippen LogP contribution in [0.15, 0.2) is 54.7 Å². The van der Waals surface area contributed by atoms with Crippen molar-refractivity contribution < 1.29 is 9.53 Å². The highest BCUT2D eigenvalue weighted by Crippen LogP contribution is 2.39. The van der Waals surface area contributed by atoms with Crippen LogP contribution < -0.4 is 10.5 Å². The van der Waals surface area contributed by atoms with Crippen LogP contribution >= 0.6 is 0 Å². The number of ether oxygens (including phenoxy) is 1. The Labute approximate surface area is 193 Å². The zero-order valence-corrected chi connectivity index (χ0v) is 19.2. The molecule has 2 aromatic carbocycles. The first-order valence-corrected chi connectivity index (χ1v) is 10.8. The summed E-state index contributed by atoms with van der Waals surface area (Å²) in [6.45, 7) is 8.45. The van der Waals surface area contributed by atoms with Crippen molar-refractivity contribution in [1.82, 2.24) is 9.55 Å². The Morgan fingerprint density at radius 1 is 1.18 bits per heavy atom. The predicted octanol–water partition coefficient (Wildman–Crippen LogP) is 5.45. The molecule has 166 valence electrons. The van der Waals surface area contributed by atoms with Gasteiger partial charge in [-0.1, -0.05) is 36.4 Å². The minimum atomic E-state index is -0.611. The number of carbonyl (C=O) groups excluding carboxylic acids is 1. The van der Waals surface area contributed by atoms with Gasteiger partial charge < -0.3 is 15.0 Å². The Bertz CT molecular complexity index is 1400. The normalized spacial score (nSPS) is 11.0. The lowest BCUT2D eigenvalue weighted by atomic mass is 9.92. The predicted molar refractivity (Wildman–Crippen MR) is 129 cm³/mol. The van der Waals surface area contributed by atoms with Gasteiger partial charge in [-0.3, -0.25) is 4.79 Å². The minimum Gasteiger partial charge on any atom is -0.489 e. The number of hydrogen-bond acceptors (Lipinski definition) is 4. The Balaban J connectivity index is 1.94. The van der Waals surface area contributed by atoms with E-state index < -0.39 is 5.91 Å². The lowest BCUT2D eigenvalue weighted by Crippen LogP contribution is -2.14. The van der Waals surface area contributed by atoms with E-state index >= 15 is 0 Å². The molecule has 6 nitrogen and oxygen atoms in total. The maximum Gasteiger partial charge on any atom is 0.267 e. The average molecular weight is 439 g/mol. The van der Waals surface area contributed by atoms with Gasteiger partial charge in [0, 0.05) is 17.6 Å². The van der Waals surface area contributed by atoms with Gasteiger partial charge in [0.25, 0.3) is 5.91 Å².